The van der Waals surface area contributed by atoms with E-state index in [0.29, 0.717) is 11.3 Å². The van der Waals surface area contributed by atoms with Crippen LogP contribution in [0.25, 0.3) is 0 Å². The van der Waals surface area contributed by atoms with E-state index in [-0.39, 0.29) is 17.2 Å². The molecular weight excluding hydrogens is 303 g/mol. The summed E-state index contributed by atoms with van der Waals surface area (Å²) in [7, 11) is 0. The molecular formula is C15H11ClF3NO. The van der Waals surface area contributed by atoms with Crippen LogP contribution in [0, 0.1) is 17.5 Å². The Morgan fingerprint density at radius 1 is 1.10 bits per heavy atom. The van der Waals surface area contributed by atoms with Crippen LogP contribution >= 0.6 is 11.6 Å². The van der Waals surface area contributed by atoms with Crippen LogP contribution in [0.1, 0.15) is 18.1 Å². The Morgan fingerprint density at radius 2 is 1.86 bits per heavy atom. The maximum atomic E-state index is 13.5. The first-order valence-corrected chi connectivity index (χ1v) is 6.41. The first kappa shape index (κ1) is 15.4. The summed E-state index contributed by atoms with van der Waals surface area (Å²) in [5, 5.41) is 3.98. The second-order valence-electron chi connectivity index (χ2n) is 4.28. The van der Waals surface area contributed by atoms with Crippen molar-refractivity contribution in [3.8, 4) is 0 Å². The Labute approximate surface area is 124 Å². The van der Waals surface area contributed by atoms with Crippen molar-refractivity contribution in [1.29, 1.82) is 0 Å². The fourth-order valence-electron chi connectivity index (χ4n) is 1.64. The molecule has 0 fully saturated rings. The van der Waals surface area contributed by atoms with Crippen molar-refractivity contribution in [2.45, 2.75) is 13.5 Å². The first-order valence-electron chi connectivity index (χ1n) is 6.04. The normalized spacial score (nSPS) is 11.6. The van der Waals surface area contributed by atoms with E-state index < -0.39 is 17.5 Å². The van der Waals surface area contributed by atoms with Crippen LogP contribution in [0.15, 0.2) is 41.6 Å². The van der Waals surface area contributed by atoms with Crippen LogP contribution in [0.3, 0.4) is 0 Å². The van der Waals surface area contributed by atoms with Gasteiger partial charge in [-0.1, -0.05) is 22.8 Å². The molecule has 110 valence electrons. The van der Waals surface area contributed by atoms with Gasteiger partial charge in [-0.15, -0.1) is 0 Å². The molecule has 2 aromatic carbocycles. The van der Waals surface area contributed by atoms with Crippen molar-refractivity contribution < 1.29 is 18.0 Å². The second kappa shape index (κ2) is 6.63. The van der Waals surface area contributed by atoms with Gasteiger partial charge < -0.3 is 4.84 Å². The summed E-state index contributed by atoms with van der Waals surface area (Å²) in [5.41, 5.74) is 0.885. The third-order valence-corrected chi connectivity index (χ3v) is 3.16. The number of hydrogen-bond donors (Lipinski definition) is 0. The van der Waals surface area contributed by atoms with Crippen molar-refractivity contribution in [3.63, 3.8) is 0 Å². The predicted molar refractivity (Wildman–Crippen MR) is 74.8 cm³/mol. The van der Waals surface area contributed by atoms with Crippen LogP contribution < -0.4 is 0 Å². The van der Waals surface area contributed by atoms with Gasteiger partial charge in [0.25, 0.3) is 0 Å². The first-order chi connectivity index (χ1) is 9.99. The van der Waals surface area contributed by atoms with E-state index in [2.05, 4.69) is 5.16 Å². The summed E-state index contributed by atoms with van der Waals surface area (Å²) >= 11 is 5.84. The summed E-state index contributed by atoms with van der Waals surface area (Å²) in [6.45, 7) is 1.40. The topological polar surface area (TPSA) is 21.6 Å². The fraction of sp³-hybridized carbons (Fsp3) is 0.133. The van der Waals surface area contributed by atoms with Crippen molar-refractivity contribution in [3.05, 3.63) is 70.0 Å². The Morgan fingerprint density at radius 3 is 2.52 bits per heavy atom. The van der Waals surface area contributed by atoms with Crippen molar-refractivity contribution in [2.75, 3.05) is 0 Å². The summed E-state index contributed by atoms with van der Waals surface area (Å²) in [6.07, 6.45) is 0. The molecule has 0 aliphatic heterocycles. The Bertz CT molecular complexity index is 668. The van der Waals surface area contributed by atoms with E-state index >= 15 is 0 Å². The molecule has 0 bridgehead atoms. The van der Waals surface area contributed by atoms with Crippen LogP contribution in [0.4, 0.5) is 13.2 Å². The molecule has 0 amide bonds. The van der Waals surface area contributed by atoms with E-state index in [1.807, 2.05) is 0 Å². The highest BCUT2D eigenvalue weighted by Crippen LogP contribution is 2.20. The van der Waals surface area contributed by atoms with Gasteiger partial charge in [-0.05, 0) is 37.3 Å². The van der Waals surface area contributed by atoms with Crippen LogP contribution in [-0.4, -0.2) is 5.71 Å². The fourth-order valence-corrected chi connectivity index (χ4v) is 1.86. The standard InChI is InChI=1S/C15H11ClF3NO/c1-9(10-5-6-14(18)15(19)7-10)20-21-8-11-12(16)3-2-4-13(11)17/h2-7H,8H2,1H3/b20-9+. The lowest BCUT2D eigenvalue weighted by molar-refractivity contribution is 0.128. The minimum Gasteiger partial charge on any atom is -0.391 e. The molecule has 6 heteroatoms. The Hall–Kier alpha value is -2.01. The number of oxime groups is 1. The quantitative estimate of drug-likeness (QED) is 0.592. The lowest BCUT2D eigenvalue weighted by atomic mass is 10.1. The molecule has 2 nitrogen and oxygen atoms in total. The van der Waals surface area contributed by atoms with Gasteiger partial charge in [-0.25, -0.2) is 13.2 Å². The zero-order chi connectivity index (χ0) is 15.4. The third-order valence-electron chi connectivity index (χ3n) is 2.81. The van der Waals surface area contributed by atoms with Gasteiger partial charge in [0.2, 0.25) is 0 Å². The van der Waals surface area contributed by atoms with E-state index in [0.717, 1.165) is 12.1 Å². The van der Waals surface area contributed by atoms with Gasteiger partial charge in [0, 0.05) is 11.1 Å². The molecule has 0 aliphatic carbocycles. The van der Waals surface area contributed by atoms with E-state index in [9.17, 15) is 13.2 Å². The number of nitrogens with zero attached hydrogens (tertiary/aromatic N) is 1. The molecule has 0 saturated carbocycles. The monoisotopic (exact) mass is 313 g/mol. The van der Waals surface area contributed by atoms with Gasteiger partial charge in [0.15, 0.2) is 11.6 Å². The predicted octanol–water partition coefficient (Wildman–Crippen LogP) is 4.70. The molecule has 0 heterocycles. The number of hydrogen-bond acceptors (Lipinski definition) is 2. The summed E-state index contributed by atoms with van der Waals surface area (Å²) < 4.78 is 39.4. The molecule has 0 aromatic heterocycles. The minimum absolute atomic E-state index is 0.160. The molecule has 21 heavy (non-hydrogen) atoms. The smallest absolute Gasteiger partial charge is 0.159 e. The zero-order valence-electron chi connectivity index (χ0n) is 11.0. The average Bonchev–Trinajstić information content (AvgIpc) is 2.45. The Kier molecular flexibility index (Phi) is 4.85. The molecule has 0 radical (unpaired) electrons. The van der Waals surface area contributed by atoms with Crippen LogP contribution in [0.2, 0.25) is 5.02 Å². The largest absolute Gasteiger partial charge is 0.391 e. The van der Waals surface area contributed by atoms with Crippen molar-refractivity contribution in [1.82, 2.24) is 0 Å². The maximum absolute atomic E-state index is 13.5. The van der Waals surface area contributed by atoms with Gasteiger partial charge in [-0.3, -0.25) is 0 Å². The zero-order valence-corrected chi connectivity index (χ0v) is 11.8. The van der Waals surface area contributed by atoms with Gasteiger partial charge in [0.1, 0.15) is 12.4 Å². The number of rotatable bonds is 4. The molecule has 2 aromatic rings. The average molecular weight is 314 g/mol. The van der Waals surface area contributed by atoms with Gasteiger partial charge >= 0.3 is 0 Å². The maximum Gasteiger partial charge on any atom is 0.159 e. The Balaban J connectivity index is 2.08. The molecule has 0 N–H and O–H groups in total. The lowest BCUT2D eigenvalue weighted by Crippen LogP contribution is -2.00. The van der Waals surface area contributed by atoms with Gasteiger partial charge in [0.05, 0.1) is 10.7 Å². The van der Waals surface area contributed by atoms with Gasteiger partial charge in [-0.2, -0.15) is 0 Å². The highest BCUT2D eigenvalue weighted by Gasteiger charge is 2.08. The molecule has 0 aliphatic rings. The highest BCUT2D eigenvalue weighted by molar-refractivity contribution is 6.31. The molecule has 0 atom stereocenters. The number of halogens is 4. The summed E-state index contributed by atoms with van der Waals surface area (Å²) in [4.78, 5) is 5.01. The van der Waals surface area contributed by atoms with Crippen molar-refractivity contribution in [2.24, 2.45) is 5.16 Å². The van der Waals surface area contributed by atoms with E-state index in [1.165, 1.54) is 24.3 Å². The third kappa shape index (κ3) is 3.76. The number of benzene rings is 2. The minimum atomic E-state index is -0.973. The SMILES string of the molecule is C/C(=N\OCc1c(F)cccc1Cl)c1ccc(F)c(F)c1. The molecule has 0 saturated heterocycles. The molecule has 0 spiro atoms. The van der Waals surface area contributed by atoms with E-state index in [1.54, 1.807) is 6.92 Å². The lowest BCUT2D eigenvalue weighted by Gasteiger charge is -2.06. The summed E-state index contributed by atoms with van der Waals surface area (Å²) in [6, 6.07) is 7.66. The highest BCUT2D eigenvalue weighted by atomic mass is 35.5. The van der Waals surface area contributed by atoms with E-state index in [4.69, 9.17) is 16.4 Å². The van der Waals surface area contributed by atoms with Crippen LogP contribution in [-0.2, 0) is 11.4 Å². The summed E-state index contributed by atoms with van der Waals surface area (Å²) in [5.74, 6) is -2.41. The van der Waals surface area contributed by atoms with Crippen LogP contribution in [0.5, 0.6) is 0 Å². The molecule has 0 unspecified atom stereocenters. The second-order valence-corrected chi connectivity index (χ2v) is 4.69. The molecule has 2 rings (SSSR count). The van der Waals surface area contributed by atoms with Crippen molar-refractivity contribution >= 4 is 17.3 Å².